The van der Waals surface area contributed by atoms with E-state index in [2.05, 4.69) is 21.2 Å². The molecule has 1 fully saturated rings. The molecule has 1 aliphatic rings. The summed E-state index contributed by atoms with van der Waals surface area (Å²) in [6, 6.07) is 15.0. The number of carbonyl (C=O) groups is 2. The summed E-state index contributed by atoms with van der Waals surface area (Å²) in [5, 5.41) is 3.64. The van der Waals surface area contributed by atoms with Gasteiger partial charge in [0, 0.05) is 49.0 Å². The van der Waals surface area contributed by atoms with E-state index in [1.54, 1.807) is 24.3 Å². The molecule has 0 aromatic heterocycles. The maximum absolute atomic E-state index is 12.3. The summed E-state index contributed by atoms with van der Waals surface area (Å²) in [5.41, 5.74) is 2.47. The molecule has 0 spiro atoms. The summed E-state index contributed by atoms with van der Waals surface area (Å²) in [4.78, 5) is 28.3. The molecule has 142 valence electrons. The molecule has 1 aliphatic heterocycles. The molecule has 1 saturated heterocycles. The van der Waals surface area contributed by atoms with Crippen LogP contribution in [0.15, 0.2) is 48.5 Å². The zero-order valence-electron chi connectivity index (χ0n) is 15.5. The predicted molar refractivity (Wildman–Crippen MR) is 108 cm³/mol. The van der Waals surface area contributed by atoms with Gasteiger partial charge in [0.1, 0.15) is 0 Å². The highest BCUT2D eigenvalue weighted by Crippen LogP contribution is 2.14. The minimum atomic E-state index is -0.0565. The number of carbonyl (C=O) groups excluding carboxylic acids is 2. The second-order valence-electron chi connectivity index (χ2n) is 6.87. The molecule has 2 aromatic rings. The van der Waals surface area contributed by atoms with Gasteiger partial charge in [0.2, 0.25) is 5.91 Å². The minimum absolute atomic E-state index is 0.0121. The number of nitrogens with one attached hydrogen (secondary N) is 1. The van der Waals surface area contributed by atoms with Gasteiger partial charge in [0.05, 0.1) is 6.54 Å². The molecular formula is C21H24ClN3O2. The minimum Gasteiger partial charge on any atom is -0.325 e. The van der Waals surface area contributed by atoms with Crippen molar-refractivity contribution in [3.8, 4) is 0 Å². The van der Waals surface area contributed by atoms with E-state index in [0.29, 0.717) is 17.8 Å². The smallest absolute Gasteiger partial charge is 0.238 e. The summed E-state index contributed by atoms with van der Waals surface area (Å²) in [6.07, 6.45) is 0. The number of anilines is 1. The van der Waals surface area contributed by atoms with Crippen LogP contribution in [-0.4, -0.2) is 54.2 Å². The Bertz CT molecular complexity index is 817. The third-order valence-electron chi connectivity index (χ3n) is 4.68. The zero-order chi connectivity index (χ0) is 19.2. The highest BCUT2D eigenvalue weighted by Gasteiger charge is 2.19. The van der Waals surface area contributed by atoms with Crippen LogP contribution in [0.5, 0.6) is 0 Å². The number of hydrogen-bond donors (Lipinski definition) is 1. The lowest BCUT2D eigenvalue weighted by atomic mass is 10.1. The molecule has 5 nitrogen and oxygen atoms in total. The van der Waals surface area contributed by atoms with Crippen molar-refractivity contribution in [1.29, 1.82) is 0 Å². The van der Waals surface area contributed by atoms with E-state index >= 15 is 0 Å². The Balaban J connectivity index is 1.45. The lowest BCUT2D eigenvalue weighted by molar-refractivity contribution is -0.117. The quantitative estimate of drug-likeness (QED) is 0.775. The van der Waals surface area contributed by atoms with Gasteiger partial charge in [-0.1, -0.05) is 35.9 Å². The standard InChI is InChI=1S/C21H24ClN3O2/c1-16(26)18-5-3-7-20(13-18)23-21(27)15-25-10-8-24(9-11-25)14-17-4-2-6-19(22)12-17/h2-7,12-13H,8-11,14-15H2,1H3,(H,23,27). The van der Waals surface area contributed by atoms with Gasteiger partial charge in [-0.25, -0.2) is 0 Å². The van der Waals surface area contributed by atoms with Gasteiger partial charge in [-0.3, -0.25) is 19.4 Å². The summed E-state index contributed by atoms with van der Waals surface area (Å²) in [7, 11) is 0. The zero-order valence-corrected chi connectivity index (χ0v) is 16.2. The van der Waals surface area contributed by atoms with Crippen LogP contribution in [0.3, 0.4) is 0 Å². The number of rotatable bonds is 6. The molecule has 1 amide bonds. The van der Waals surface area contributed by atoms with E-state index < -0.39 is 0 Å². The van der Waals surface area contributed by atoms with Gasteiger partial charge < -0.3 is 5.32 Å². The summed E-state index contributed by atoms with van der Waals surface area (Å²) < 4.78 is 0. The number of amides is 1. The molecular weight excluding hydrogens is 362 g/mol. The molecule has 6 heteroatoms. The van der Waals surface area contributed by atoms with Gasteiger partial charge in [0.25, 0.3) is 0 Å². The number of halogens is 1. The number of ketones is 1. The van der Waals surface area contributed by atoms with Gasteiger partial charge in [0.15, 0.2) is 5.78 Å². The summed E-state index contributed by atoms with van der Waals surface area (Å²) in [5.74, 6) is -0.0686. The van der Waals surface area contributed by atoms with Crippen LogP contribution < -0.4 is 5.32 Å². The summed E-state index contributed by atoms with van der Waals surface area (Å²) in [6.45, 7) is 6.28. The molecule has 0 saturated carbocycles. The van der Waals surface area contributed by atoms with Crippen LogP contribution in [0.25, 0.3) is 0 Å². The third kappa shape index (κ3) is 5.89. The van der Waals surface area contributed by atoms with Crippen LogP contribution in [0.1, 0.15) is 22.8 Å². The van der Waals surface area contributed by atoms with E-state index in [0.717, 1.165) is 37.7 Å². The average Bonchev–Trinajstić information content (AvgIpc) is 2.63. The number of Topliss-reactive ketones (excluding diaryl/α,β-unsaturated/α-hetero) is 1. The summed E-state index contributed by atoms with van der Waals surface area (Å²) >= 11 is 6.05. The number of piperazine rings is 1. The number of benzene rings is 2. The van der Waals surface area contributed by atoms with Crippen molar-refractivity contribution in [2.45, 2.75) is 13.5 Å². The first kappa shape index (κ1) is 19.5. The molecule has 0 unspecified atom stereocenters. The monoisotopic (exact) mass is 385 g/mol. The first-order valence-corrected chi connectivity index (χ1v) is 9.47. The van der Waals surface area contributed by atoms with Crippen molar-refractivity contribution in [2.75, 3.05) is 38.0 Å². The third-order valence-corrected chi connectivity index (χ3v) is 4.92. The predicted octanol–water partition coefficient (Wildman–Crippen LogP) is 3.30. The highest BCUT2D eigenvalue weighted by molar-refractivity contribution is 6.30. The fraction of sp³-hybridized carbons (Fsp3) is 0.333. The van der Waals surface area contributed by atoms with Crippen molar-refractivity contribution in [3.05, 3.63) is 64.7 Å². The van der Waals surface area contributed by atoms with Crippen molar-refractivity contribution in [2.24, 2.45) is 0 Å². The first-order chi connectivity index (χ1) is 13.0. The van der Waals surface area contributed by atoms with Gasteiger partial charge >= 0.3 is 0 Å². The maximum atomic E-state index is 12.3. The molecule has 27 heavy (non-hydrogen) atoms. The van der Waals surface area contributed by atoms with E-state index in [1.165, 1.54) is 12.5 Å². The second kappa shape index (κ2) is 9.13. The average molecular weight is 386 g/mol. The molecule has 0 atom stereocenters. The Morgan fingerprint density at radius 2 is 1.70 bits per heavy atom. The highest BCUT2D eigenvalue weighted by atomic mass is 35.5. The maximum Gasteiger partial charge on any atom is 0.238 e. The van der Waals surface area contributed by atoms with E-state index in [-0.39, 0.29) is 11.7 Å². The largest absolute Gasteiger partial charge is 0.325 e. The lowest BCUT2D eigenvalue weighted by Gasteiger charge is -2.34. The van der Waals surface area contributed by atoms with Crippen LogP contribution in [0, 0.1) is 0 Å². The van der Waals surface area contributed by atoms with E-state index in [1.807, 2.05) is 18.2 Å². The molecule has 0 aliphatic carbocycles. The van der Waals surface area contributed by atoms with Gasteiger partial charge in [-0.2, -0.15) is 0 Å². The van der Waals surface area contributed by atoms with Crippen molar-refractivity contribution >= 4 is 29.0 Å². The van der Waals surface area contributed by atoms with Gasteiger partial charge in [-0.05, 0) is 36.8 Å². The fourth-order valence-electron chi connectivity index (χ4n) is 3.22. The van der Waals surface area contributed by atoms with Crippen LogP contribution in [-0.2, 0) is 11.3 Å². The SMILES string of the molecule is CC(=O)c1cccc(NC(=O)CN2CCN(Cc3cccc(Cl)c3)CC2)c1. The van der Waals surface area contributed by atoms with Crippen LogP contribution >= 0.6 is 11.6 Å². The number of nitrogens with zero attached hydrogens (tertiary/aromatic N) is 2. The van der Waals surface area contributed by atoms with E-state index in [4.69, 9.17) is 11.6 Å². The van der Waals surface area contributed by atoms with Crippen LogP contribution in [0.2, 0.25) is 5.02 Å². The van der Waals surface area contributed by atoms with Crippen molar-refractivity contribution in [3.63, 3.8) is 0 Å². The molecule has 0 radical (unpaired) electrons. The lowest BCUT2D eigenvalue weighted by Crippen LogP contribution is -2.48. The first-order valence-electron chi connectivity index (χ1n) is 9.09. The van der Waals surface area contributed by atoms with E-state index in [9.17, 15) is 9.59 Å². The molecule has 1 heterocycles. The normalized spacial score (nSPS) is 15.5. The Labute approximate surface area is 164 Å². The Hall–Kier alpha value is -2.21. The topological polar surface area (TPSA) is 52.7 Å². The van der Waals surface area contributed by atoms with Crippen molar-refractivity contribution in [1.82, 2.24) is 9.80 Å². The van der Waals surface area contributed by atoms with Crippen LogP contribution in [0.4, 0.5) is 5.69 Å². The molecule has 1 N–H and O–H groups in total. The Morgan fingerprint density at radius 1 is 1.00 bits per heavy atom. The Kier molecular flexibility index (Phi) is 6.61. The molecule has 0 bridgehead atoms. The fourth-order valence-corrected chi connectivity index (χ4v) is 3.43. The van der Waals surface area contributed by atoms with Gasteiger partial charge in [-0.15, -0.1) is 0 Å². The number of hydrogen-bond acceptors (Lipinski definition) is 4. The van der Waals surface area contributed by atoms with Crippen molar-refractivity contribution < 1.29 is 9.59 Å². The molecule has 3 rings (SSSR count). The second-order valence-corrected chi connectivity index (χ2v) is 7.30. The Morgan fingerprint density at radius 3 is 2.41 bits per heavy atom. The molecule has 2 aromatic carbocycles.